The van der Waals surface area contributed by atoms with Gasteiger partial charge in [-0.05, 0) is 12.1 Å². The number of amides is 1. The lowest BCUT2D eigenvalue weighted by Gasteiger charge is -2.20. The molecular weight excluding hydrogens is 272 g/mol. The summed E-state index contributed by atoms with van der Waals surface area (Å²) in [5, 5.41) is 10.6. The van der Waals surface area contributed by atoms with Gasteiger partial charge in [-0.1, -0.05) is 0 Å². The van der Waals surface area contributed by atoms with Gasteiger partial charge in [-0.15, -0.1) is 0 Å². The lowest BCUT2D eigenvalue weighted by Crippen LogP contribution is -2.37. The molecule has 9 heteroatoms. The topological polar surface area (TPSA) is 108 Å². The summed E-state index contributed by atoms with van der Waals surface area (Å²) in [6, 6.07) is 5.18. The quantitative estimate of drug-likeness (QED) is 0.471. The normalized spacial score (nSPS) is 17.6. The number of methoxy groups -OCH3 is 1. The molecule has 9 nitrogen and oxygen atoms in total. The van der Waals surface area contributed by atoms with Crippen LogP contribution in [0.2, 0.25) is 0 Å². The summed E-state index contributed by atoms with van der Waals surface area (Å²) in [6.45, 7) is -0.148. The van der Waals surface area contributed by atoms with Crippen molar-refractivity contribution in [2.45, 2.75) is 6.23 Å². The Labute approximate surface area is 112 Å². The smallest absolute Gasteiger partial charge is 0.443 e. The second-order valence-corrected chi connectivity index (χ2v) is 3.75. The molecule has 20 heavy (non-hydrogen) atoms. The van der Waals surface area contributed by atoms with Gasteiger partial charge in [0.05, 0.1) is 17.7 Å². The molecule has 1 heterocycles. The van der Waals surface area contributed by atoms with Crippen LogP contribution in [-0.2, 0) is 14.2 Å². The number of cyclic esters (lactones) is 1. The van der Waals surface area contributed by atoms with E-state index < -0.39 is 23.4 Å². The van der Waals surface area contributed by atoms with Crippen LogP contribution < -0.4 is 4.90 Å². The minimum atomic E-state index is -0.976. The molecule has 1 aliphatic heterocycles. The molecule has 106 valence electrons. The minimum absolute atomic E-state index is 0.119. The number of nitrogens with zero attached hydrogens (tertiary/aromatic N) is 2. The molecule has 0 saturated carbocycles. The summed E-state index contributed by atoms with van der Waals surface area (Å²) in [6.07, 6.45) is -2.65. The first kappa shape index (κ1) is 13.6. The third-order valence-electron chi connectivity index (χ3n) is 2.57. The van der Waals surface area contributed by atoms with E-state index in [1.54, 1.807) is 0 Å². The van der Waals surface area contributed by atoms with E-state index in [1.165, 1.54) is 24.3 Å². The summed E-state index contributed by atoms with van der Waals surface area (Å²) in [4.78, 5) is 33.7. The Bertz CT molecular complexity index is 542. The number of non-ortho nitro benzene ring substituents is 1. The van der Waals surface area contributed by atoms with Gasteiger partial charge < -0.3 is 14.2 Å². The van der Waals surface area contributed by atoms with Crippen LogP contribution in [-0.4, -0.2) is 37.1 Å². The number of benzene rings is 1. The molecule has 0 bridgehead atoms. The van der Waals surface area contributed by atoms with Gasteiger partial charge in [0.25, 0.3) is 5.69 Å². The highest BCUT2D eigenvalue weighted by atomic mass is 16.7. The molecule has 1 fully saturated rings. The van der Waals surface area contributed by atoms with Crippen molar-refractivity contribution < 1.29 is 28.7 Å². The Kier molecular flexibility index (Phi) is 3.69. The molecule has 0 N–H and O–H groups in total. The number of hydrogen-bond acceptors (Lipinski definition) is 7. The van der Waals surface area contributed by atoms with E-state index in [1.807, 2.05) is 0 Å². The zero-order chi connectivity index (χ0) is 14.7. The zero-order valence-electron chi connectivity index (χ0n) is 10.3. The first-order valence-corrected chi connectivity index (χ1v) is 5.48. The summed E-state index contributed by atoms with van der Waals surface area (Å²) in [5.41, 5.74) is 0.193. The fraction of sp³-hybridized carbons (Fsp3) is 0.273. The Morgan fingerprint density at radius 1 is 1.45 bits per heavy atom. The molecule has 0 spiro atoms. The second-order valence-electron chi connectivity index (χ2n) is 3.75. The lowest BCUT2D eigenvalue weighted by molar-refractivity contribution is -0.384. The first-order chi connectivity index (χ1) is 9.52. The first-order valence-electron chi connectivity index (χ1n) is 5.48. The van der Waals surface area contributed by atoms with Crippen LogP contribution in [0, 0.1) is 10.1 Å². The molecular formula is C11H10N2O7. The summed E-state index contributed by atoms with van der Waals surface area (Å²) in [7, 11) is 1.14. The van der Waals surface area contributed by atoms with Crippen LogP contribution >= 0.6 is 0 Å². The highest BCUT2D eigenvalue weighted by Crippen LogP contribution is 2.26. The van der Waals surface area contributed by atoms with Crippen molar-refractivity contribution in [1.29, 1.82) is 0 Å². The monoisotopic (exact) mass is 282 g/mol. The third-order valence-corrected chi connectivity index (χ3v) is 2.57. The van der Waals surface area contributed by atoms with E-state index in [0.29, 0.717) is 5.69 Å². The number of hydrogen-bond donors (Lipinski definition) is 0. The van der Waals surface area contributed by atoms with Gasteiger partial charge in [0.2, 0.25) is 6.23 Å². The second kappa shape index (κ2) is 5.43. The number of ether oxygens (including phenoxy) is 3. The van der Waals surface area contributed by atoms with Gasteiger partial charge in [0.15, 0.2) is 6.61 Å². The largest absolute Gasteiger partial charge is 0.510 e. The number of nitro benzene ring substituents is 1. The van der Waals surface area contributed by atoms with Crippen LogP contribution in [0.15, 0.2) is 24.3 Å². The summed E-state index contributed by atoms with van der Waals surface area (Å²) < 4.78 is 14.0. The fourth-order valence-electron chi connectivity index (χ4n) is 1.66. The van der Waals surface area contributed by atoms with Crippen LogP contribution in [0.1, 0.15) is 0 Å². The highest BCUT2D eigenvalue weighted by molar-refractivity contribution is 5.90. The maximum Gasteiger partial charge on any atom is 0.510 e. The fourth-order valence-corrected chi connectivity index (χ4v) is 1.66. The van der Waals surface area contributed by atoms with E-state index in [0.717, 1.165) is 12.0 Å². The molecule has 1 atom stereocenters. The van der Waals surface area contributed by atoms with Crippen molar-refractivity contribution in [2.75, 3.05) is 18.6 Å². The van der Waals surface area contributed by atoms with Crippen LogP contribution in [0.5, 0.6) is 0 Å². The van der Waals surface area contributed by atoms with Crippen LogP contribution in [0.25, 0.3) is 0 Å². The van der Waals surface area contributed by atoms with E-state index in [2.05, 4.69) is 4.74 Å². The molecule has 0 aromatic heterocycles. The number of carbonyl (C=O) groups excluding carboxylic acids is 2. The van der Waals surface area contributed by atoms with Crippen molar-refractivity contribution in [3.05, 3.63) is 34.4 Å². The van der Waals surface area contributed by atoms with Gasteiger partial charge in [-0.2, -0.15) is 0 Å². The van der Waals surface area contributed by atoms with E-state index in [9.17, 15) is 19.7 Å². The van der Waals surface area contributed by atoms with Crippen molar-refractivity contribution in [2.24, 2.45) is 0 Å². The standard InChI is InChI=1S/C11H10N2O7/c1-18-11(15)20-9-6-19-10(14)12(9)7-2-4-8(5-3-7)13(16)17/h2-5,9H,6H2,1H3/t9-/m0/s1. The van der Waals surface area contributed by atoms with Gasteiger partial charge >= 0.3 is 12.2 Å². The molecule has 1 aliphatic rings. The van der Waals surface area contributed by atoms with Crippen molar-refractivity contribution in [1.82, 2.24) is 0 Å². The lowest BCUT2D eigenvalue weighted by atomic mass is 10.2. The Hall–Kier alpha value is -2.84. The highest BCUT2D eigenvalue weighted by Gasteiger charge is 2.37. The molecule has 0 radical (unpaired) electrons. The third kappa shape index (κ3) is 2.60. The molecule has 1 amide bonds. The van der Waals surface area contributed by atoms with Crippen LogP contribution in [0.3, 0.4) is 0 Å². The number of rotatable bonds is 3. The SMILES string of the molecule is COC(=O)O[C@H]1COC(=O)N1c1ccc([N+](=O)[O-])cc1. The maximum absolute atomic E-state index is 11.6. The predicted octanol–water partition coefficient (Wildman–Crippen LogP) is 1.66. The molecule has 1 aromatic rings. The van der Waals surface area contributed by atoms with E-state index >= 15 is 0 Å². The van der Waals surface area contributed by atoms with Crippen molar-refractivity contribution in [3.63, 3.8) is 0 Å². The van der Waals surface area contributed by atoms with Crippen LogP contribution in [0.4, 0.5) is 21.0 Å². The Balaban J connectivity index is 2.21. The van der Waals surface area contributed by atoms with Crippen molar-refractivity contribution in [3.8, 4) is 0 Å². The molecule has 1 saturated heterocycles. The molecule has 2 rings (SSSR count). The predicted molar refractivity (Wildman–Crippen MR) is 64.2 cm³/mol. The number of anilines is 1. The number of nitro groups is 1. The average Bonchev–Trinajstić information content (AvgIpc) is 2.79. The maximum atomic E-state index is 11.6. The molecule has 1 aromatic carbocycles. The molecule has 0 unspecified atom stereocenters. The van der Waals surface area contributed by atoms with Gasteiger partial charge in [0.1, 0.15) is 0 Å². The van der Waals surface area contributed by atoms with E-state index in [-0.39, 0.29) is 12.3 Å². The van der Waals surface area contributed by atoms with E-state index in [4.69, 9.17) is 9.47 Å². The summed E-state index contributed by atoms with van der Waals surface area (Å²) in [5.74, 6) is 0. The molecule has 0 aliphatic carbocycles. The van der Waals surface area contributed by atoms with Gasteiger partial charge in [0, 0.05) is 12.1 Å². The van der Waals surface area contributed by atoms with Crippen molar-refractivity contribution >= 4 is 23.6 Å². The Morgan fingerprint density at radius 3 is 2.65 bits per heavy atom. The zero-order valence-corrected chi connectivity index (χ0v) is 10.3. The Morgan fingerprint density at radius 2 is 2.10 bits per heavy atom. The number of carbonyl (C=O) groups is 2. The average molecular weight is 282 g/mol. The van der Waals surface area contributed by atoms with Gasteiger partial charge in [-0.25, -0.2) is 14.5 Å². The van der Waals surface area contributed by atoms with Gasteiger partial charge in [-0.3, -0.25) is 10.1 Å². The minimum Gasteiger partial charge on any atom is -0.443 e. The summed E-state index contributed by atoms with van der Waals surface area (Å²) >= 11 is 0.